The van der Waals surface area contributed by atoms with Crippen LogP contribution in [0.2, 0.25) is 0 Å². The minimum Gasteiger partial charge on any atom is -0.394 e. The predicted octanol–water partition coefficient (Wildman–Crippen LogP) is 4.99. The Balaban J connectivity index is 1.35. The number of hydrogen-bond donors (Lipinski definition) is 12. The fraction of sp³-hybridized carbons (Fsp3) is 0.947. The molecule has 0 aliphatic carbocycles. The number of amides is 1. The molecule has 3 heterocycles. The number of rotatable bonds is 44. The summed E-state index contributed by atoms with van der Waals surface area (Å²) in [5.41, 5.74) is 0. The first kappa shape index (κ1) is 68.8. The lowest BCUT2D eigenvalue weighted by atomic mass is 9.96. The van der Waals surface area contributed by atoms with E-state index in [1.54, 1.807) is 6.08 Å². The van der Waals surface area contributed by atoms with Crippen molar-refractivity contribution in [2.24, 2.45) is 0 Å². The van der Waals surface area contributed by atoms with Gasteiger partial charge in [-0.2, -0.15) is 0 Å². The van der Waals surface area contributed by atoms with Crippen molar-refractivity contribution >= 4 is 5.91 Å². The quantitative estimate of drug-likeness (QED) is 0.0283. The van der Waals surface area contributed by atoms with E-state index in [0.29, 0.717) is 6.42 Å². The van der Waals surface area contributed by atoms with E-state index in [1.165, 1.54) is 141 Å². The third kappa shape index (κ3) is 25.5. The number of carbonyl (C=O) groups excluding carboxylic acids is 1. The van der Waals surface area contributed by atoms with Crippen LogP contribution in [-0.4, -0.2) is 193 Å². The molecule has 17 unspecified atom stereocenters. The van der Waals surface area contributed by atoms with Gasteiger partial charge in [-0.05, 0) is 19.3 Å². The van der Waals surface area contributed by atoms with E-state index in [-0.39, 0.29) is 18.9 Å². The van der Waals surface area contributed by atoms with Gasteiger partial charge in [0.25, 0.3) is 0 Å². The van der Waals surface area contributed by atoms with E-state index in [9.17, 15) is 61.0 Å². The molecule has 76 heavy (non-hydrogen) atoms. The Morgan fingerprint density at radius 3 is 1.24 bits per heavy atom. The molecule has 0 aromatic rings. The smallest absolute Gasteiger partial charge is 0.220 e. The molecule has 19 nitrogen and oxygen atoms in total. The van der Waals surface area contributed by atoms with Crippen molar-refractivity contribution in [3.05, 3.63) is 12.2 Å². The Bertz CT molecular complexity index is 1450. The van der Waals surface area contributed by atoms with Crippen LogP contribution < -0.4 is 5.32 Å². The first-order valence-electron chi connectivity index (χ1n) is 29.9. The summed E-state index contributed by atoms with van der Waals surface area (Å²) in [6.07, 6.45) is 14.4. The van der Waals surface area contributed by atoms with Crippen molar-refractivity contribution in [3.8, 4) is 0 Å². The molecule has 0 bridgehead atoms. The fourth-order valence-corrected chi connectivity index (χ4v) is 10.4. The summed E-state index contributed by atoms with van der Waals surface area (Å²) in [6, 6.07) is -0.964. The summed E-state index contributed by atoms with van der Waals surface area (Å²) in [4.78, 5) is 13.2. The third-order valence-corrected chi connectivity index (χ3v) is 15.3. The Labute approximate surface area is 455 Å². The largest absolute Gasteiger partial charge is 0.394 e. The van der Waals surface area contributed by atoms with Crippen LogP contribution >= 0.6 is 0 Å². The van der Waals surface area contributed by atoms with Crippen molar-refractivity contribution in [2.45, 2.75) is 317 Å². The normalized spacial score (nSPS) is 31.0. The number of aliphatic hydroxyl groups is 11. The maximum absolute atomic E-state index is 13.2. The lowest BCUT2D eigenvalue weighted by Gasteiger charge is -2.48. The van der Waals surface area contributed by atoms with Gasteiger partial charge in [-0.3, -0.25) is 4.79 Å². The molecule has 0 radical (unpaired) electrons. The number of hydrogen-bond acceptors (Lipinski definition) is 18. The monoisotopic (exact) mass is 1090 g/mol. The molecule has 17 atom stereocenters. The molecular weight excluding hydrogens is 987 g/mol. The van der Waals surface area contributed by atoms with Crippen molar-refractivity contribution < 1.29 is 89.4 Å². The summed E-state index contributed by atoms with van der Waals surface area (Å²) in [5.74, 6) is -0.279. The van der Waals surface area contributed by atoms with Gasteiger partial charge < -0.3 is 89.9 Å². The highest BCUT2D eigenvalue weighted by molar-refractivity contribution is 5.76. The van der Waals surface area contributed by atoms with Crippen LogP contribution in [0.25, 0.3) is 0 Å². The summed E-state index contributed by atoms with van der Waals surface area (Å²) >= 11 is 0. The van der Waals surface area contributed by atoms with Gasteiger partial charge in [0, 0.05) is 6.42 Å². The number of aliphatic hydroxyl groups excluding tert-OH is 11. The van der Waals surface area contributed by atoms with E-state index in [2.05, 4.69) is 19.2 Å². The van der Waals surface area contributed by atoms with Gasteiger partial charge >= 0.3 is 0 Å². The maximum atomic E-state index is 13.2. The van der Waals surface area contributed by atoms with E-state index in [0.717, 1.165) is 44.9 Å². The van der Waals surface area contributed by atoms with Crippen molar-refractivity contribution in [3.63, 3.8) is 0 Å². The highest BCUT2D eigenvalue weighted by Gasteiger charge is 2.53. The minimum absolute atomic E-state index is 0.247. The molecule has 19 heteroatoms. The lowest BCUT2D eigenvalue weighted by molar-refractivity contribution is -0.379. The van der Waals surface area contributed by atoms with Gasteiger partial charge in [-0.25, -0.2) is 0 Å². The lowest BCUT2D eigenvalue weighted by Crippen LogP contribution is -2.66. The number of carbonyl (C=O) groups is 1. The summed E-state index contributed by atoms with van der Waals surface area (Å²) in [6.45, 7) is 1.60. The first-order valence-corrected chi connectivity index (χ1v) is 29.9. The van der Waals surface area contributed by atoms with E-state index >= 15 is 0 Å². The Hall–Kier alpha value is -1.47. The molecule has 3 fully saturated rings. The van der Waals surface area contributed by atoms with Crippen molar-refractivity contribution in [2.75, 3.05) is 26.4 Å². The van der Waals surface area contributed by atoms with Gasteiger partial charge in [0.1, 0.15) is 73.2 Å². The van der Waals surface area contributed by atoms with E-state index in [1.807, 2.05) is 6.08 Å². The van der Waals surface area contributed by atoms with Gasteiger partial charge in [0.2, 0.25) is 5.91 Å². The zero-order valence-electron chi connectivity index (χ0n) is 46.5. The van der Waals surface area contributed by atoms with Crippen LogP contribution in [0.5, 0.6) is 0 Å². The predicted molar refractivity (Wildman–Crippen MR) is 287 cm³/mol. The molecule has 3 aliphatic heterocycles. The molecule has 0 spiro atoms. The number of nitrogens with one attached hydrogen (secondary N) is 1. The zero-order valence-corrected chi connectivity index (χ0v) is 46.5. The van der Waals surface area contributed by atoms with Crippen LogP contribution in [0.1, 0.15) is 213 Å². The zero-order chi connectivity index (χ0) is 55.5. The number of unbranched alkanes of at least 4 members (excludes halogenated alkanes) is 28. The van der Waals surface area contributed by atoms with Crippen LogP contribution in [0, 0.1) is 0 Å². The molecule has 3 aliphatic rings. The van der Waals surface area contributed by atoms with Crippen LogP contribution in [0.4, 0.5) is 0 Å². The minimum atomic E-state index is -1.97. The van der Waals surface area contributed by atoms with E-state index in [4.69, 9.17) is 28.4 Å². The SMILES string of the molecule is CCCCC/C=C/C(O)C(COC1OC(CO)C(OC2OC(CO)C(OC3OC(CO)C(O)C(O)C3O)C(O)C2O)C(O)C1O)NC(=O)CCCCCCCCCCCCCCCCCCCCCCCCCCCC. The molecule has 3 rings (SSSR count). The van der Waals surface area contributed by atoms with Crippen LogP contribution in [0.3, 0.4) is 0 Å². The van der Waals surface area contributed by atoms with Crippen LogP contribution in [0.15, 0.2) is 12.2 Å². The number of ether oxygens (including phenoxy) is 6. The topological polar surface area (TPSA) is 307 Å². The molecule has 0 saturated carbocycles. The summed E-state index contributed by atoms with van der Waals surface area (Å²) < 4.78 is 34.0. The second-order valence-electron chi connectivity index (χ2n) is 21.8. The molecule has 448 valence electrons. The van der Waals surface area contributed by atoms with Gasteiger partial charge in [0.15, 0.2) is 18.9 Å². The standard InChI is InChI=1S/C57H107NO18/c1-3-5-7-9-10-11-12-13-14-15-16-17-18-19-20-21-22-23-24-25-26-27-28-29-31-33-35-45(63)58-40(41(62)34-32-30-8-6-4-2)39-71-55-51(69)48(66)53(43(37-60)73-55)76-57-52(70)49(67)54(44(38-61)74-57)75-56-50(68)47(65)46(64)42(36-59)72-56/h32,34,40-44,46-57,59-62,64-70H,3-31,33,35-39H2,1-2H3,(H,58,63)/b34-32+. The average molecular weight is 1090 g/mol. The maximum Gasteiger partial charge on any atom is 0.220 e. The molecule has 0 aromatic heterocycles. The highest BCUT2D eigenvalue weighted by atomic mass is 16.8. The molecule has 0 aromatic carbocycles. The van der Waals surface area contributed by atoms with E-state index < -0.39 is 124 Å². The first-order chi connectivity index (χ1) is 36.8. The molecule has 12 N–H and O–H groups in total. The highest BCUT2D eigenvalue weighted by Crippen LogP contribution is 2.33. The molecule has 1 amide bonds. The van der Waals surface area contributed by atoms with Gasteiger partial charge in [0.05, 0.1) is 38.6 Å². The van der Waals surface area contributed by atoms with Gasteiger partial charge in [-0.1, -0.05) is 199 Å². The number of allylic oxidation sites excluding steroid dienone is 1. The molecular formula is C57H107NO18. The Morgan fingerprint density at radius 1 is 0.461 bits per heavy atom. The van der Waals surface area contributed by atoms with Crippen molar-refractivity contribution in [1.29, 1.82) is 0 Å². The van der Waals surface area contributed by atoms with Gasteiger partial charge in [-0.15, -0.1) is 0 Å². The fourth-order valence-electron chi connectivity index (χ4n) is 10.4. The van der Waals surface area contributed by atoms with Crippen LogP contribution in [-0.2, 0) is 33.2 Å². The molecule has 3 saturated heterocycles. The summed E-state index contributed by atoms with van der Waals surface area (Å²) in [5, 5.41) is 119. The second-order valence-corrected chi connectivity index (χ2v) is 21.8. The average Bonchev–Trinajstić information content (AvgIpc) is 3.41. The third-order valence-electron chi connectivity index (χ3n) is 15.3. The second kappa shape index (κ2) is 41.5. The summed E-state index contributed by atoms with van der Waals surface area (Å²) in [7, 11) is 0. The van der Waals surface area contributed by atoms with Crippen molar-refractivity contribution in [1.82, 2.24) is 5.32 Å². The Kier molecular flexibility index (Phi) is 37.6. The Morgan fingerprint density at radius 2 is 0.816 bits per heavy atom.